The minimum atomic E-state index is 0.644. The third kappa shape index (κ3) is 2.56. The minimum absolute atomic E-state index is 0.644. The van der Waals surface area contributed by atoms with Crippen molar-refractivity contribution in [2.75, 3.05) is 36.5 Å². The molecule has 2 aliphatic rings. The molecule has 21 heavy (non-hydrogen) atoms. The van der Waals surface area contributed by atoms with Gasteiger partial charge in [-0.05, 0) is 25.8 Å². The van der Waals surface area contributed by atoms with Crippen molar-refractivity contribution in [3.05, 3.63) is 30.0 Å². The van der Waals surface area contributed by atoms with Crippen LogP contribution in [0.4, 0.5) is 11.5 Å². The molecule has 0 radical (unpaired) electrons. The van der Waals surface area contributed by atoms with E-state index in [9.17, 15) is 0 Å². The Kier molecular flexibility index (Phi) is 3.19. The highest BCUT2D eigenvalue weighted by atomic mass is 16.5. The third-order valence-corrected chi connectivity index (χ3v) is 4.27. The Bertz CT molecular complexity index is 660. The van der Waals surface area contributed by atoms with Gasteiger partial charge >= 0.3 is 0 Å². The van der Waals surface area contributed by atoms with Crippen LogP contribution in [-0.4, -0.2) is 37.3 Å². The number of rotatable bonds is 3. The fraction of sp³-hybridized carbons (Fsp3) is 0.471. The Labute approximate surface area is 125 Å². The maximum atomic E-state index is 5.46. The first-order valence-corrected chi connectivity index (χ1v) is 7.80. The van der Waals surface area contributed by atoms with Crippen molar-refractivity contribution in [1.29, 1.82) is 0 Å². The molecule has 2 heterocycles. The molecule has 1 aliphatic carbocycles. The van der Waals surface area contributed by atoms with Crippen molar-refractivity contribution in [2.45, 2.75) is 25.8 Å². The van der Waals surface area contributed by atoms with Crippen molar-refractivity contribution in [3.63, 3.8) is 0 Å². The molecule has 2 fully saturated rings. The van der Waals surface area contributed by atoms with E-state index in [2.05, 4.69) is 35.3 Å². The van der Waals surface area contributed by atoms with Crippen molar-refractivity contribution >= 4 is 22.3 Å². The zero-order chi connectivity index (χ0) is 14.2. The number of anilines is 2. The first-order chi connectivity index (χ1) is 10.3. The van der Waals surface area contributed by atoms with Crippen LogP contribution >= 0.6 is 0 Å². The number of aryl methyl sites for hydroxylation is 1. The van der Waals surface area contributed by atoms with Gasteiger partial charge in [0.1, 0.15) is 5.82 Å². The van der Waals surface area contributed by atoms with Gasteiger partial charge in [0.2, 0.25) is 0 Å². The summed E-state index contributed by atoms with van der Waals surface area (Å²) in [5.41, 5.74) is 2.45. The van der Waals surface area contributed by atoms with Gasteiger partial charge in [-0.15, -0.1) is 0 Å². The number of aromatic nitrogens is 1. The molecule has 0 bridgehead atoms. The number of ether oxygens (including phenoxy) is 1. The van der Waals surface area contributed by atoms with Crippen LogP contribution in [0.2, 0.25) is 0 Å². The molecular formula is C17H21N3O. The Morgan fingerprint density at radius 1 is 1.19 bits per heavy atom. The molecular weight excluding hydrogens is 262 g/mol. The largest absolute Gasteiger partial charge is 0.381 e. The minimum Gasteiger partial charge on any atom is -0.381 e. The quantitative estimate of drug-likeness (QED) is 0.939. The van der Waals surface area contributed by atoms with Gasteiger partial charge in [-0.2, -0.15) is 0 Å². The first kappa shape index (κ1) is 12.9. The Balaban J connectivity index is 1.80. The molecule has 1 saturated carbocycles. The van der Waals surface area contributed by atoms with Crippen molar-refractivity contribution in [3.8, 4) is 0 Å². The molecule has 1 aromatic carbocycles. The van der Waals surface area contributed by atoms with Crippen molar-refractivity contribution in [2.24, 2.45) is 0 Å². The topological polar surface area (TPSA) is 37.4 Å². The summed E-state index contributed by atoms with van der Waals surface area (Å²) in [6, 6.07) is 7.31. The molecule has 0 unspecified atom stereocenters. The molecule has 0 atom stereocenters. The molecule has 110 valence electrons. The van der Waals surface area contributed by atoms with Crippen LogP contribution in [0.1, 0.15) is 18.4 Å². The highest BCUT2D eigenvalue weighted by molar-refractivity contribution is 6.00. The second-order valence-corrected chi connectivity index (χ2v) is 6.06. The van der Waals surface area contributed by atoms with E-state index in [0.717, 1.165) is 32.1 Å². The second-order valence-electron chi connectivity index (χ2n) is 6.06. The Hall–Kier alpha value is -1.81. The van der Waals surface area contributed by atoms with E-state index in [4.69, 9.17) is 9.72 Å². The van der Waals surface area contributed by atoms with Crippen molar-refractivity contribution in [1.82, 2.24) is 4.98 Å². The highest BCUT2D eigenvalue weighted by Gasteiger charge is 2.23. The average Bonchev–Trinajstić information content (AvgIpc) is 3.32. The predicted octanol–water partition coefficient (Wildman–Crippen LogP) is 2.95. The average molecular weight is 283 g/mol. The number of pyridine rings is 1. The summed E-state index contributed by atoms with van der Waals surface area (Å²) in [4.78, 5) is 7.10. The monoisotopic (exact) mass is 283 g/mol. The first-order valence-electron chi connectivity index (χ1n) is 7.80. The molecule has 4 heteroatoms. The summed E-state index contributed by atoms with van der Waals surface area (Å²) < 4.78 is 5.46. The summed E-state index contributed by atoms with van der Waals surface area (Å²) in [5, 5.41) is 6.14. The highest BCUT2D eigenvalue weighted by Crippen LogP contribution is 2.34. The smallest absolute Gasteiger partial charge is 0.136 e. The number of hydrogen-bond donors (Lipinski definition) is 1. The van der Waals surface area contributed by atoms with E-state index >= 15 is 0 Å². The zero-order valence-electron chi connectivity index (χ0n) is 12.4. The zero-order valence-corrected chi connectivity index (χ0v) is 12.4. The lowest BCUT2D eigenvalue weighted by atomic mass is 10.1. The van der Waals surface area contributed by atoms with Crippen LogP contribution in [0.3, 0.4) is 0 Å². The van der Waals surface area contributed by atoms with Gasteiger partial charge in [-0.25, -0.2) is 4.98 Å². The van der Waals surface area contributed by atoms with Gasteiger partial charge < -0.3 is 15.0 Å². The van der Waals surface area contributed by atoms with E-state index < -0.39 is 0 Å². The van der Waals surface area contributed by atoms with Gasteiger partial charge in [-0.1, -0.05) is 17.7 Å². The van der Waals surface area contributed by atoms with Crippen LogP contribution in [0, 0.1) is 6.92 Å². The van der Waals surface area contributed by atoms with E-state index in [1.165, 1.54) is 34.9 Å². The van der Waals surface area contributed by atoms with Gasteiger partial charge in [0.25, 0.3) is 0 Å². The van der Waals surface area contributed by atoms with Gasteiger partial charge in [0.05, 0.1) is 25.1 Å². The number of nitrogens with one attached hydrogen (secondary N) is 1. The van der Waals surface area contributed by atoms with E-state index in [-0.39, 0.29) is 0 Å². The Morgan fingerprint density at radius 3 is 2.76 bits per heavy atom. The fourth-order valence-corrected chi connectivity index (χ4v) is 2.93. The van der Waals surface area contributed by atoms with Gasteiger partial charge in [-0.3, -0.25) is 0 Å². The van der Waals surface area contributed by atoms with Crippen LogP contribution in [-0.2, 0) is 4.74 Å². The number of fused-ring (bicyclic) bond motifs is 1. The van der Waals surface area contributed by atoms with Crippen LogP contribution in [0.25, 0.3) is 10.8 Å². The van der Waals surface area contributed by atoms with E-state index in [1.54, 1.807) is 0 Å². The maximum Gasteiger partial charge on any atom is 0.136 e. The lowest BCUT2D eigenvalue weighted by Gasteiger charge is -2.29. The molecule has 0 spiro atoms. The van der Waals surface area contributed by atoms with E-state index in [1.807, 2.05) is 6.20 Å². The van der Waals surface area contributed by atoms with Gasteiger partial charge in [0, 0.05) is 29.9 Å². The normalized spacial score (nSPS) is 19.0. The number of hydrogen-bond acceptors (Lipinski definition) is 4. The van der Waals surface area contributed by atoms with Crippen LogP contribution in [0.5, 0.6) is 0 Å². The molecule has 2 aromatic rings. The summed E-state index contributed by atoms with van der Waals surface area (Å²) in [5.74, 6) is 1.10. The fourth-order valence-electron chi connectivity index (χ4n) is 2.93. The molecule has 1 aromatic heterocycles. The number of morpholine rings is 1. The summed E-state index contributed by atoms with van der Waals surface area (Å²) in [6.45, 7) is 5.56. The van der Waals surface area contributed by atoms with Gasteiger partial charge in [0.15, 0.2) is 0 Å². The maximum absolute atomic E-state index is 5.46. The number of benzene rings is 1. The summed E-state index contributed by atoms with van der Waals surface area (Å²) in [7, 11) is 0. The third-order valence-electron chi connectivity index (χ3n) is 4.27. The molecule has 1 saturated heterocycles. The lowest BCUT2D eigenvalue weighted by Crippen LogP contribution is -2.36. The summed E-state index contributed by atoms with van der Waals surface area (Å²) in [6.07, 6.45) is 4.55. The SMILES string of the molecule is Cc1ccc2c(NC3CC3)cnc(N3CCOCC3)c2c1. The molecule has 4 nitrogen and oxygen atoms in total. The molecule has 1 aliphatic heterocycles. The lowest BCUT2D eigenvalue weighted by molar-refractivity contribution is 0.122. The predicted molar refractivity (Wildman–Crippen MR) is 86.2 cm³/mol. The molecule has 4 rings (SSSR count). The van der Waals surface area contributed by atoms with Crippen LogP contribution in [0.15, 0.2) is 24.4 Å². The second kappa shape index (κ2) is 5.19. The standard InChI is InChI=1S/C17H21N3O/c1-12-2-5-14-15(10-12)17(20-6-8-21-9-7-20)18-11-16(14)19-13-3-4-13/h2,5,10-11,13,19H,3-4,6-9H2,1H3. The van der Waals surface area contributed by atoms with E-state index in [0.29, 0.717) is 6.04 Å². The van der Waals surface area contributed by atoms with Crippen LogP contribution < -0.4 is 10.2 Å². The summed E-state index contributed by atoms with van der Waals surface area (Å²) >= 11 is 0. The molecule has 1 N–H and O–H groups in total. The molecule has 0 amide bonds. The number of nitrogens with zero attached hydrogens (tertiary/aromatic N) is 2. The van der Waals surface area contributed by atoms with Crippen molar-refractivity contribution < 1.29 is 4.74 Å². The Morgan fingerprint density at radius 2 is 2.00 bits per heavy atom.